The molecule has 0 radical (unpaired) electrons. The van der Waals surface area contributed by atoms with Crippen LogP contribution in [0.4, 0.5) is 0 Å². The lowest BCUT2D eigenvalue weighted by Crippen LogP contribution is -2.15. The van der Waals surface area contributed by atoms with Gasteiger partial charge in [0.2, 0.25) is 0 Å². The maximum atomic E-state index is 4.03. The lowest BCUT2D eigenvalue weighted by molar-refractivity contribution is 0.485. The van der Waals surface area contributed by atoms with Crippen molar-refractivity contribution in [3.63, 3.8) is 0 Å². The van der Waals surface area contributed by atoms with E-state index in [0.717, 1.165) is 6.54 Å². The summed E-state index contributed by atoms with van der Waals surface area (Å²) in [6.45, 7) is 11.7. The number of allylic oxidation sites excluding steroid dienone is 3. The highest BCUT2D eigenvalue weighted by Gasteiger charge is 2.16. The van der Waals surface area contributed by atoms with E-state index in [1.807, 2.05) is 0 Å². The van der Waals surface area contributed by atoms with E-state index in [-0.39, 0.29) is 0 Å². The Morgan fingerprint density at radius 2 is 2.00 bits per heavy atom. The van der Waals surface area contributed by atoms with Crippen LogP contribution in [0.25, 0.3) is 0 Å². The zero-order valence-corrected chi connectivity index (χ0v) is 7.78. The standard InChI is InChI=1S/C10H17N/c1-8(2)10(4)11-7-5-6-9(11)3/h3,5-7H2,1-2,4H3. The van der Waals surface area contributed by atoms with Crippen molar-refractivity contribution in [2.75, 3.05) is 6.54 Å². The predicted octanol–water partition coefficient (Wildman–Crippen LogP) is 2.91. The van der Waals surface area contributed by atoms with Gasteiger partial charge in [0.15, 0.2) is 0 Å². The van der Waals surface area contributed by atoms with E-state index in [1.54, 1.807) is 0 Å². The molecule has 1 heteroatoms. The van der Waals surface area contributed by atoms with Crippen molar-refractivity contribution < 1.29 is 0 Å². The lowest BCUT2D eigenvalue weighted by Gasteiger charge is -2.21. The third-order valence-electron chi connectivity index (χ3n) is 2.36. The Morgan fingerprint density at radius 1 is 1.36 bits per heavy atom. The van der Waals surface area contributed by atoms with Crippen molar-refractivity contribution in [3.05, 3.63) is 23.5 Å². The van der Waals surface area contributed by atoms with Crippen molar-refractivity contribution >= 4 is 0 Å². The van der Waals surface area contributed by atoms with Crippen molar-refractivity contribution in [1.82, 2.24) is 4.90 Å². The first-order valence-electron chi connectivity index (χ1n) is 4.22. The van der Waals surface area contributed by atoms with Crippen molar-refractivity contribution in [3.8, 4) is 0 Å². The van der Waals surface area contributed by atoms with Crippen LogP contribution in [-0.4, -0.2) is 11.4 Å². The largest absolute Gasteiger partial charge is 0.350 e. The molecule has 1 saturated heterocycles. The molecular formula is C10H17N. The Morgan fingerprint density at radius 3 is 2.36 bits per heavy atom. The molecule has 1 rings (SSSR count). The van der Waals surface area contributed by atoms with Crippen molar-refractivity contribution in [2.45, 2.75) is 33.6 Å². The first-order valence-corrected chi connectivity index (χ1v) is 4.22. The van der Waals surface area contributed by atoms with Gasteiger partial charge in [0.1, 0.15) is 0 Å². The van der Waals surface area contributed by atoms with Crippen LogP contribution in [0.15, 0.2) is 23.5 Å². The summed E-state index contributed by atoms with van der Waals surface area (Å²) in [7, 11) is 0. The molecule has 62 valence electrons. The Bertz CT molecular complexity index is 197. The molecule has 1 aliphatic heterocycles. The molecule has 11 heavy (non-hydrogen) atoms. The van der Waals surface area contributed by atoms with Crippen LogP contribution in [0, 0.1) is 0 Å². The van der Waals surface area contributed by atoms with E-state index in [0.29, 0.717) is 0 Å². The summed E-state index contributed by atoms with van der Waals surface area (Å²) in [6.07, 6.45) is 2.44. The van der Waals surface area contributed by atoms with E-state index in [4.69, 9.17) is 0 Å². The normalized spacial score (nSPS) is 17.4. The number of likely N-dealkylation sites (tertiary alicyclic amines) is 1. The van der Waals surface area contributed by atoms with Gasteiger partial charge in [0, 0.05) is 17.9 Å². The number of hydrogen-bond acceptors (Lipinski definition) is 1. The first-order chi connectivity index (χ1) is 5.13. The van der Waals surface area contributed by atoms with E-state index in [9.17, 15) is 0 Å². The summed E-state index contributed by atoms with van der Waals surface area (Å²) >= 11 is 0. The fourth-order valence-corrected chi connectivity index (χ4v) is 1.41. The van der Waals surface area contributed by atoms with Gasteiger partial charge in [-0.15, -0.1) is 0 Å². The molecule has 0 aromatic carbocycles. The zero-order valence-electron chi connectivity index (χ0n) is 7.78. The van der Waals surface area contributed by atoms with E-state index in [1.165, 1.54) is 29.8 Å². The first kappa shape index (κ1) is 8.38. The molecule has 0 bridgehead atoms. The summed E-state index contributed by atoms with van der Waals surface area (Å²) in [4.78, 5) is 2.33. The smallest absolute Gasteiger partial charge is 0.0228 e. The van der Waals surface area contributed by atoms with Crippen LogP contribution < -0.4 is 0 Å². The van der Waals surface area contributed by atoms with Gasteiger partial charge in [-0.2, -0.15) is 0 Å². The molecule has 1 aliphatic rings. The van der Waals surface area contributed by atoms with E-state index in [2.05, 4.69) is 32.3 Å². The Balaban J connectivity index is 2.75. The van der Waals surface area contributed by atoms with Crippen LogP contribution in [-0.2, 0) is 0 Å². The second-order valence-electron chi connectivity index (χ2n) is 3.41. The summed E-state index contributed by atoms with van der Waals surface area (Å²) in [5, 5.41) is 0. The number of hydrogen-bond donors (Lipinski definition) is 0. The molecule has 0 amide bonds. The molecule has 0 spiro atoms. The third kappa shape index (κ3) is 1.65. The molecule has 1 fully saturated rings. The Labute approximate surface area is 69.4 Å². The highest BCUT2D eigenvalue weighted by atomic mass is 15.2. The monoisotopic (exact) mass is 151 g/mol. The second-order valence-corrected chi connectivity index (χ2v) is 3.41. The Kier molecular flexibility index (Phi) is 2.38. The number of rotatable bonds is 1. The fourth-order valence-electron chi connectivity index (χ4n) is 1.41. The van der Waals surface area contributed by atoms with Crippen LogP contribution >= 0.6 is 0 Å². The minimum atomic E-state index is 1.16. The van der Waals surface area contributed by atoms with Crippen LogP contribution in [0.1, 0.15) is 33.6 Å². The molecule has 0 aliphatic carbocycles. The van der Waals surface area contributed by atoms with Crippen molar-refractivity contribution in [2.24, 2.45) is 0 Å². The summed E-state index contributed by atoms with van der Waals surface area (Å²) < 4.78 is 0. The molecule has 0 saturated carbocycles. The molecule has 0 atom stereocenters. The highest BCUT2D eigenvalue weighted by Crippen LogP contribution is 2.24. The molecule has 0 unspecified atom stereocenters. The molecular weight excluding hydrogens is 134 g/mol. The van der Waals surface area contributed by atoms with Crippen LogP contribution in [0.5, 0.6) is 0 Å². The van der Waals surface area contributed by atoms with Gasteiger partial charge in [-0.05, 0) is 33.6 Å². The molecule has 0 aromatic heterocycles. The average Bonchev–Trinajstić information content (AvgIpc) is 2.33. The summed E-state index contributed by atoms with van der Waals surface area (Å²) in [6, 6.07) is 0. The fraction of sp³-hybridized carbons (Fsp3) is 0.600. The second kappa shape index (κ2) is 3.12. The maximum absolute atomic E-state index is 4.03. The Hall–Kier alpha value is -0.720. The quantitative estimate of drug-likeness (QED) is 0.557. The molecule has 1 nitrogen and oxygen atoms in total. The molecule has 0 N–H and O–H groups in total. The van der Waals surface area contributed by atoms with Gasteiger partial charge in [0.25, 0.3) is 0 Å². The number of nitrogens with zero attached hydrogens (tertiary/aromatic N) is 1. The van der Waals surface area contributed by atoms with Gasteiger partial charge in [-0.3, -0.25) is 0 Å². The minimum absolute atomic E-state index is 1.16. The van der Waals surface area contributed by atoms with Gasteiger partial charge in [-0.25, -0.2) is 0 Å². The van der Waals surface area contributed by atoms with Gasteiger partial charge in [-0.1, -0.05) is 12.2 Å². The third-order valence-corrected chi connectivity index (χ3v) is 2.36. The van der Waals surface area contributed by atoms with E-state index < -0.39 is 0 Å². The molecule has 1 heterocycles. The topological polar surface area (TPSA) is 3.24 Å². The highest BCUT2D eigenvalue weighted by molar-refractivity contribution is 5.15. The molecule has 0 aromatic rings. The van der Waals surface area contributed by atoms with E-state index >= 15 is 0 Å². The van der Waals surface area contributed by atoms with Crippen LogP contribution in [0.3, 0.4) is 0 Å². The van der Waals surface area contributed by atoms with Gasteiger partial charge >= 0.3 is 0 Å². The minimum Gasteiger partial charge on any atom is -0.350 e. The van der Waals surface area contributed by atoms with Crippen LogP contribution in [0.2, 0.25) is 0 Å². The van der Waals surface area contributed by atoms with Gasteiger partial charge < -0.3 is 4.90 Å². The average molecular weight is 151 g/mol. The maximum Gasteiger partial charge on any atom is 0.0228 e. The van der Waals surface area contributed by atoms with Gasteiger partial charge in [0.05, 0.1) is 0 Å². The predicted molar refractivity (Wildman–Crippen MR) is 49.1 cm³/mol. The van der Waals surface area contributed by atoms with Crippen molar-refractivity contribution in [1.29, 1.82) is 0 Å². The lowest BCUT2D eigenvalue weighted by atomic mass is 10.2. The summed E-state index contributed by atoms with van der Waals surface area (Å²) in [5.41, 5.74) is 4.06. The summed E-state index contributed by atoms with van der Waals surface area (Å²) in [5.74, 6) is 0. The zero-order chi connectivity index (χ0) is 8.43. The SMILES string of the molecule is C=C1CCCN1C(C)=C(C)C.